The lowest BCUT2D eigenvalue weighted by atomic mass is 10.1. The molecular weight excluding hydrogens is 272 g/mol. The fourth-order valence-corrected chi connectivity index (χ4v) is 3.84. The largest absolute Gasteiger partial charge is 0.497 e. The number of nitrogens with one attached hydrogen (secondary N) is 2. The third-order valence-electron chi connectivity index (χ3n) is 3.96. The molecule has 2 aromatic rings. The Kier molecular flexibility index (Phi) is 4.19. The number of fused-ring (bicyclic) bond motifs is 1. The van der Waals surface area contributed by atoms with E-state index in [1.165, 1.54) is 16.4 Å². The summed E-state index contributed by atoms with van der Waals surface area (Å²) >= 11 is 2.01. The average molecular weight is 293 g/mol. The van der Waals surface area contributed by atoms with E-state index in [0.29, 0.717) is 0 Å². The van der Waals surface area contributed by atoms with Crippen molar-refractivity contribution in [3.8, 4) is 5.75 Å². The molecule has 3 rings (SSSR count). The highest BCUT2D eigenvalue weighted by Gasteiger charge is 2.21. The van der Waals surface area contributed by atoms with Gasteiger partial charge in [-0.2, -0.15) is 11.8 Å². The van der Waals surface area contributed by atoms with E-state index in [1.807, 2.05) is 36.2 Å². The van der Waals surface area contributed by atoms with Crippen molar-refractivity contribution in [2.24, 2.45) is 0 Å². The van der Waals surface area contributed by atoms with Crippen molar-refractivity contribution < 1.29 is 14.7 Å². The van der Waals surface area contributed by atoms with Crippen LogP contribution in [0, 0.1) is 0 Å². The molecule has 1 aliphatic rings. The lowest BCUT2D eigenvalue weighted by molar-refractivity contribution is -0.900. The minimum absolute atomic E-state index is 0.422. The molecule has 20 heavy (non-hydrogen) atoms. The maximum Gasteiger partial charge on any atom is 0.130 e. The van der Waals surface area contributed by atoms with Gasteiger partial charge in [-0.05, 0) is 18.2 Å². The van der Waals surface area contributed by atoms with E-state index in [1.54, 1.807) is 7.11 Å². The highest BCUT2D eigenvalue weighted by Crippen LogP contribution is 2.27. The molecule has 1 aromatic heterocycles. The summed E-state index contributed by atoms with van der Waals surface area (Å²) in [7, 11) is 1.67. The quantitative estimate of drug-likeness (QED) is 0.783. The predicted molar refractivity (Wildman–Crippen MR) is 82.7 cm³/mol. The predicted octanol–water partition coefficient (Wildman–Crippen LogP) is 0.842. The van der Waals surface area contributed by atoms with Crippen LogP contribution >= 0.6 is 11.8 Å². The number of aliphatic hydroxyl groups excluding tert-OH is 1. The summed E-state index contributed by atoms with van der Waals surface area (Å²) in [5, 5.41) is 11.6. The molecule has 108 valence electrons. The van der Waals surface area contributed by atoms with E-state index in [4.69, 9.17) is 4.74 Å². The van der Waals surface area contributed by atoms with Crippen LogP contribution in [-0.4, -0.2) is 48.3 Å². The molecule has 0 amide bonds. The smallest absolute Gasteiger partial charge is 0.130 e. The minimum Gasteiger partial charge on any atom is -0.497 e. The van der Waals surface area contributed by atoms with Gasteiger partial charge in [-0.3, -0.25) is 0 Å². The van der Waals surface area contributed by atoms with E-state index in [-0.39, 0.29) is 0 Å². The number of hydrogen-bond acceptors (Lipinski definition) is 3. The number of aromatic nitrogens is 1. The van der Waals surface area contributed by atoms with Crippen molar-refractivity contribution >= 4 is 22.7 Å². The van der Waals surface area contributed by atoms with E-state index in [9.17, 15) is 5.11 Å². The van der Waals surface area contributed by atoms with Crippen LogP contribution in [0.15, 0.2) is 24.4 Å². The first-order valence-corrected chi connectivity index (χ1v) is 8.18. The molecule has 4 nitrogen and oxygen atoms in total. The maximum absolute atomic E-state index is 10.5. The number of aliphatic hydroxyl groups is 1. The van der Waals surface area contributed by atoms with Gasteiger partial charge in [-0.25, -0.2) is 0 Å². The number of aromatic amines is 1. The van der Waals surface area contributed by atoms with Gasteiger partial charge < -0.3 is 19.7 Å². The molecule has 1 aliphatic heterocycles. The second-order valence-corrected chi connectivity index (χ2v) is 6.46. The van der Waals surface area contributed by atoms with Crippen LogP contribution in [0.2, 0.25) is 0 Å². The van der Waals surface area contributed by atoms with Gasteiger partial charge in [0, 0.05) is 34.2 Å². The van der Waals surface area contributed by atoms with Crippen LogP contribution in [0.4, 0.5) is 0 Å². The first kappa shape index (κ1) is 13.8. The molecule has 0 unspecified atom stereocenters. The van der Waals surface area contributed by atoms with Crippen LogP contribution in [0.3, 0.4) is 0 Å². The standard InChI is InChI=1S/C15H20N2O2S/c1-19-11-2-3-14-12(8-11)13(9-16-14)15(18)10-17-4-6-20-7-5-17/h2-3,8-9,15-16,18H,4-7,10H2,1H3/p+1/t15-/m0/s1. The minimum atomic E-state index is -0.422. The van der Waals surface area contributed by atoms with Crippen molar-refractivity contribution in [3.05, 3.63) is 30.0 Å². The molecule has 1 saturated heterocycles. The number of quaternary nitrogens is 1. The summed E-state index contributed by atoms with van der Waals surface area (Å²) in [6.45, 7) is 3.07. The molecular formula is C15H21N2O2S+. The number of ether oxygens (including phenoxy) is 1. The molecule has 1 aromatic carbocycles. The molecule has 0 radical (unpaired) electrons. The molecule has 0 aliphatic carbocycles. The summed E-state index contributed by atoms with van der Waals surface area (Å²) in [5.41, 5.74) is 2.02. The van der Waals surface area contributed by atoms with Crippen LogP contribution in [-0.2, 0) is 0 Å². The topological polar surface area (TPSA) is 49.7 Å². The molecule has 0 spiro atoms. The zero-order valence-electron chi connectivity index (χ0n) is 11.7. The molecule has 0 saturated carbocycles. The molecule has 0 bridgehead atoms. The SMILES string of the molecule is COc1ccc2[nH]cc([C@@H](O)C[NH+]3CCSCC3)c2c1. The van der Waals surface area contributed by atoms with Gasteiger partial charge in [0.25, 0.3) is 0 Å². The van der Waals surface area contributed by atoms with Gasteiger partial charge in [0.1, 0.15) is 18.4 Å². The lowest BCUT2D eigenvalue weighted by Crippen LogP contribution is -3.14. The third-order valence-corrected chi connectivity index (χ3v) is 4.95. The normalized spacial score (nSPS) is 18.3. The number of hydrogen-bond donors (Lipinski definition) is 3. The first-order chi connectivity index (χ1) is 9.78. The van der Waals surface area contributed by atoms with E-state index in [0.717, 1.165) is 41.9 Å². The van der Waals surface area contributed by atoms with Crippen molar-refractivity contribution in [3.63, 3.8) is 0 Å². The molecule has 2 heterocycles. The Morgan fingerprint density at radius 2 is 2.20 bits per heavy atom. The van der Waals surface area contributed by atoms with Crippen LogP contribution in [0.5, 0.6) is 5.75 Å². The monoisotopic (exact) mass is 293 g/mol. The van der Waals surface area contributed by atoms with Crippen molar-refractivity contribution in [1.29, 1.82) is 0 Å². The summed E-state index contributed by atoms with van der Waals surface area (Å²) in [5.74, 6) is 3.22. The zero-order chi connectivity index (χ0) is 13.9. The Morgan fingerprint density at radius 1 is 1.40 bits per heavy atom. The van der Waals surface area contributed by atoms with Gasteiger partial charge in [0.2, 0.25) is 0 Å². The Balaban J connectivity index is 1.81. The number of H-pyrrole nitrogens is 1. The van der Waals surface area contributed by atoms with Crippen LogP contribution < -0.4 is 9.64 Å². The maximum atomic E-state index is 10.5. The van der Waals surface area contributed by atoms with Crippen molar-refractivity contribution in [1.82, 2.24) is 4.98 Å². The average Bonchev–Trinajstić information content (AvgIpc) is 2.91. The summed E-state index contributed by atoms with van der Waals surface area (Å²) < 4.78 is 5.27. The Labute approximate surface area is 123 Å². The lowest BCUT2D eigenvalue weighted by Gasteiger charge is -2.25. The summed E-state index contributed by atoms with van der Waals surface area (Å²) in [6.07, 6.45) is 1.50. The summed E-state index contributed by atoms with van der Waals surface area (Å²) in [6, 6.07) is 5.92. The van der Waals surface area contributed by atoms with Gasteiger partial charge in [0.05, 0.1) is 20.2 Å². The van der Waals surface area contributed by atoms with Gasteiger partial charge in [0.15, 0.2) is 0 Å². The molecule has 5 heteroatoms. The van der Waals surface area contributed by atoms with Gasteiger partial charge >= 0.3 is 0 Å². The van der Waals surface area contributed by atoms with Crippen LogP contribution in [0.25, 0.3) is 10.9 Å². The number of thioether (sulfide) groups is 1. The van der Waals surface area contributed by atoms with Gasteiger partial charge in [-0.15, -0.1) is 0 Å². The fourth-order valence-electron chi connectivity index (χ4n) is 2.77. The Morgan fingerprint density at radius 3 is 2.95 bits per heavy atom. The number of methoxy groups -OCH3 is 1. The van der Waals surface area contributed by atoms with E-state index < -0.39 is 6.10 Å². The zero-order valence-corrected chi connectivity index (χ0v) is 12.5. The Hall–Kier alpha value is -1.17. The third kappa shape index (κ3) is 2.80. The van der Waals surface area contributed by atoms with E-state index >= 15 is 0 Å². The van der Waals surface area contributed by atoms with Crippen molar-refractivity contribution in [2.75, 3.05) is 38.2 Å². The summed E-state index contributed by atoms with van der Waals surface area (Å²) in [4.78, 5) is 4.72. The molecule has 3 N–H and O–H groups in total. The highest BCUT2D eigenvalue weighted by atomic mass is 32.2. The number of benzene rings is 1. The van der Waals surface area contributed by atoms with E-state index in [2.05, 4.69) is 4.98 Å². The van der Waals surface area contributed by atoms with Crippen molar-refractivity contribution in [2.45, 2.75) is 6.10 Å². The van der Waals surface area contributed by atoms with Crippen LogP contribution in [0.1, 0.15) is 11.7 Å². The van der Waals surface area contributed by atoms with Gasteiger partial charge in [-0.1, -0.05) is 0 Å². The second-order valence-electron chi connectivity index (χ2n) is 5.24. The molecule has 1 atom stereocenters. The fraction of sp³-hybridized carbons (Fsp3) is 0.467. The number of rotatable bonds is 4. The molecule has 1 fully saturated rings. The second kappa shape index (κ2) is 6.08. The first-order valence-electron chi connectivity index (χ1n) is 7.02. The highest BCUT2D eigenvalue weighted by molar-refractivity contribution is 7.99. The Bertz CT molecular complexity index is 578.